The molecule has 1 aromatic heterocycles. The van der Waals surface area contributed by atoms with Gasteiger partial charge in [0.15, 0.2) is 0 Å². The van der Waals surface area contributed by atoms with Crippen LogP contribution in [0.2, 0.25) is 0 Å². The molecule has 0 atom stereocenters. The minimum absolute atomic E-state index is 0.0954. The van der Waals surface area contributed by atoms with E-state index in [-0.39, 0.29) is 5.41 Å². The molecule has 102 valence electrons. The lowest BCUT2D eigenvalue weighted by atomic mass is 9.91. The van der Waals surface area contributed by atoms with E-state index in [1.165, 1.54) is 15.7 Å². The zero-order valence-electron chi connectivity index (χ0n) is 11.8. The first kappa shape index (κ1) is 15.0. The van der Waals surface area contributed by atoms with E-state index in [2.05, 4.69) is 25.8 Å². The Hall–Kier alpha value is -1.10. The van der Waals surface area contributed by atoms with Crippen LogP contribution in [0.25, 0.3) is 0 Å². The molecule has 4 nitrogen and oxygen atoms in total. The summed E-state index contributed by atoms with van der Waals surface area (Å²) in [6.07, 6.45) is 4.45. The van der Waals surface area contributed by atoms with Crippen LogP contribution in [0.3, 0.4) is 0 Å². The Morgan fingerprint density at radius 3 is 2.56 bits per heavy atom. The molecule has 0 spiro atoms. The highest BCUT2D eigenvalue weighted by molar-refractivity contribution is 7.92. The zero-order chi connectivity index (χ0) is 14.0. The third-order valence-corrected chi connectivity index (χ3v) is 4.01. The molecule has 0 saturated heterocycles. The Kier molecular flexibility index (Phi) is 4.37. The van der Waals surface area contributed by atoms with Crippen molar-refractivity contribution in [2.75, 3.05) is 0 Å². The van der Waals surface area contributed by atoms with Crippen molar-refractivity contribution in [3.8, 4) is 0 Å². The molecule has 0 amide bonds. The van der Waals surface area contributed by atoms with Crippen LogP contribution in [0, 0.1) is 5.41 Å². The van der Waals surface area contributed by atoms with Gasteiger partial charge in [0.1, 0.15) is 6.33 Å². The molecule has 0 aliphatic heterocycles. The molecule has 0 aliphatic carbocycles. The first-order valence-electron chi connectivity index (χ1n) is 6.09. The van der Waals surface area contributed by atoms with Crippen LogP contribution >= 0.6 is 0 Å². The van der Waals surface area contributed by atoms with Gasteiger partial charge in [-0.1, -0.05) is 33.3 Å². The third-order valence-electron chi connectivity index (χ3n) is 2.53. The van der Waals surface area contributed by atoms with Crippen LogP contribution in [-0.2, 0) is 16.4 Å². The second-order valence-corrected chi connectivity index (χ2v) is 7.48. The molecule has 0 N–H and O–H groups in total. The maximum atomic E-state index is 12.0. The average molecular weight is 270 g/mol. The number of allylic oxidation sites excluding steroid dienone is 1. The average Bonchev–Trinajstić information content (AvgIpc) is 2.63. The van der Waals surface area contributed by atoms with E-state index >= 15 is 0 Å². The first-order chi connectivity index (χ1) is 8.14. The summed E-state index contributed by atoms with van der Waals surface area (Å²) in [6.45, 7) is 10.0. The summed E-state index contributed by atoms with van der Waals surface area (Å²) in [4.78, 5) is 4.16. The van der Waals surface area contributed by atoms with Gasteiger partial charge in [-0.15, -0.1) is 0 Å². The molecule has 1 rings (SSSR count). The Morgan fingerprint density at radius 1 is 1.44 bits per heavy atom. The Balaban J connectivity index is 2.99. The van der Waals surface area contributed by atoms with Gasteiger partial charge >= 0.3 is 0 Å². The minimum atomic E-state index is -3.41. The van der Waals surface area contributed by atoms with Crippen LogP contribution in [0.4, 0.5) is 0 Å². The van der Waals surface area contributed by atoms with E-state index in [1.807, 2.05) is 13.8 Å². The van der Waals surface area contributed by atoms with E-state index < -0.39 is 10.0 Å². The molecule has 0 fully saturated rings. The summed E-state index contributed by atoms with van der Waals surface area (Å²) in [5.74, 6) is 0. The van der Waals surface area contributed by atoms with E-state index in [4.69, 9.17) is 0 Å². The molecule has 0 aromatic carbocycles. The number of aromatic nitrogens is 2. The fraction of sp³-hybridized carbons (Fsp3) is 0.615. The van der Waals surface area contributed by atoms with Crippen LogP contribution < -0.4 is 0 Å². The van der Waals surface area contributed by atoms with Crippen LogP contribution in [0.1, 0.15) is 46.7 Å². The summed E-state index contributed by atoms with van der Waals surface area (Å²) in [5.41, 5.74) is 1.73. The number of hydrogen-bond acceptors (Lipinski definition) is 3. The molecule has 1 aromatic rings. The zero-order valence-corrected chi connectivity index (χ0v) is 12.6. The van der Waals surface area contributed by atoms with Crippen LogP contribution in [-0.4, -0.2) is 17.4 Å². The van der Waals surface area contributed by atoms with Gasteiger partial charge in [-0.05, 0) is 25.2 Å². The van der Waals surface area contributed by atoms with Gasteiger partial charge in [0.25, 0.3) is 10.0 Å². The molecule has 0 saturated carbocycles. The second-order valence-electron chi connectivity index (χ2n) is 5.80. The van der Waals surface area contributed by atoms with Crippen molar-refractivity contribution in [1.82, 2.24) is 8.96 Å². The van der Waals surface area contributed by atoms with Gasteiger partial charge in [0.05, 0.1) is 11.1 Å². The summed E-state index contributed by atoms with van der Waals surface area (Å²) in [5, 5.41) is 1.30. The highest BCUT2D eigenvalue weighted by atomic mass is 32.2. The monoisotopic (exact) mass is 270 g/mol. The summed E-state index contributed by atoms with van der Waals surface area (Å²) in [6, 6.07) is 0. The molecule has 1 heterocycles. The summed E-state index contributed by atoms with van der Waals surface area (Å²) < 4.78 is 25.2. The van der Waals surface area contributed by atoms with Gasteiger partial charge < -0.3 is 0 Å². The highest BCUT2D eigenvalue weighted by Gasteiger charge is 2.16. The molecular formula is C13H22N2O2S. The van der Waals surface area contributed by atoms with Gasteiger partial charge in [0, 0.05) is 6.20 Å². The van der Waals surface area contributed by atoms with Gasteiger partial charge in [-0.25, -0.2) is 17.4 Å². The molecule has 18 heavy (non-hydrogen) atoms. The van der Waals surface area contributed by atoms with E-state index in [0.717, 1.165) is 24.1 Å². The SMILES string of the molecule is CC/C(C)=C/S(=O)(=O)n1cnc(CC(C)(C)C)c1. The molecular weight excluding hydrogens is 248 g/mol. The largest absolute Gasteiger partial charge is 0.262 e. The maximum absolute atomic E-state index is 12.0. The second kappa shape index (κ2) is 5.26. The van der Waals surface area contributed by atoms with Gasteiger partial charge in [-0.2, -0.15) is 0 Å². The summed E-state index contributed by atoms with van der Waals surface area (Å²) >= 11 is 0. The fourth-order valence-corrected chi connectivity index (χ4v) is 2.76. The first-order valence-corrected chi connectivity index (χ1v) is 7.60. The lowest BCUT2D eigenvalue weighted by Crippen LogP contribution is -2.10. The van der Waals surface area contributed by atoms with E-state index in [9.17, 15) is 8.42 Å². The number of hydrogen-bond donors (Lipinski definition) is 0. The van der Waals surface area contributed by atoms with Crippen molar-refractivity contribution in [2.45, 2.75) is 47.5 Å². The minimum Gasteiger partial charge on any atom is -0.241 e. The van der Waals surface area contributed by atoms with Crippen LogP contribution in [0.15, 0.2) is 23.5 Å². The quantitative estimate of drug-likeness (QED) is 0.845. The molecule has 0 bridgehead atoms. The van der Waals surface area contributed by atoms with Gasteiger partial charge in [0.2, 0.25) is 0 Å². The Bertz CT molecular complexity index is 534. The molecule has 0 unspecified atom stereocenters. The molecule has 0 aliphatic rings. The Morgan fingerprint density at radius 2 is 2.06 bits per heavy atom. The standard InChI is InChI=1S/C13H22N2O2S/c1-6-11(2)9-18(16,17)15-8-12(14-10-15)7-13(3,4)5/h8-10H,6-7H2,1-5H3/b11-9+. The van der Waals surface area contributed by atoms with E-state index in [1.54, 1.807) is 6.20 Å². The van der Waals surface area contributed by atoms with Crippen molar-refractivity contribution >= 4 is 10.0 Å². The lowest BCUT2D eigenvalue weighted by Gasteiger charge is -2.15. The normalized spacial score (nSPS) is 13.9. The number of rotatable bonds is 4. The summed E-state index contributed by atoms with van der Waals surface area (Å²) in [7, 11) is -3.41. The smallest absolute Gasteiger partial charge is 0.241 e. The highest BCUT2D eigenvalue weighted by Crippen LogP contribution is 2.19. The topological polar surface area (TPSA) is 52.0 Å². The van der Waals surface area contributed by atoms with E-state index in [0.29, 0.717) is 0 Å². The van der Waals surface area contributed by atoms with Crippen molar-refractivity contribution in [2.24, 2.45) is 5.41 Å². The Labute approximate surface area is 110 Å². The lowest BCUT2D eigenvalue weighted by molar-refractivity contribution is 0.407. The van der Waals surface area contributed by atoms with Gasteiger partial charge in [-0.3, -0.25) is 0 Å². The fourth-order valence-electron chi connectivity index (χ4n) is 1.52. The third kappa shape index (κ3) is 4.29. The molecule has 0 radical (unpaired) electrons. The predicted molar refractivity (Wildman–Crippen MR) is 73.8 cm³/mol. The maximum Gasteiger partial charge on any atom is 0.262 e. The van der Waals surface area contributed by atoms with Crippen molar-refractivity contribution in [3.63, 3.8) is 0 Å². The number of nitrogens with zero attached hydrogens (tertiary/aromatic N) is 2. The molecule has 5 heteroatoms. The van der Waals surface area contributed by atoms with Crippen molar-refractivity contribution in [3.05, 3.63) is 29.2 Å². The van der Waals surface area contributed by atoms with Crippen LogP contribution in [0.5, 0.6) is 0 Å². The predicted octanol–water partition coefficient (Wildman–Crippen LogP) is 2.96. The number of imidazole rings is 1. The van der Waals surface area contributed by atoms with Crippen molar-refractivity contribution in [1.29, 1.82) is 0 Å². The van der Waals surface area contributed by atoms with Crippen molar-refractivity contribution < 1.29 is 8.42 Å².